The van der Waals surface area contributed by atoms with E-state index in [0.717, 1.165) is 36.3 Å². The van der Waals surface area contributed by atoms with Crippen LogP contribution in [-0.4, -0.2) is 9.97 Å². The summed E-state index contributed by atoms with van der Waals surface area (Å²) < 4.78 is 0. The Bertz CT molecular complexity index is 643. The molecule has 0 bridgehead atoms. The number of fused-ring (bicyclic) bond motifs is 1. The fourth-order valence-corrected chi connectivity index (χ4v) is 2.59. The standard InChI is InChI=1S/C15H16N2O/c1-10-4-2-5-11(8-10)9-14-16-13-7-3-6-12(13)15(18)17-14/h2,4-5,8H,3,6-7,9H2,1H3,(H,16,17,18). The molecule has 0 unspecified atom stereocenters. The minimum atomic E-state index is 0.0557. The van der Waals surface area contributed by atoms with Crippen LogP contribution < -0.4 is 5.56 Å². The van der Waals surface area contributed by atoms with Gasteiger partial charge in [0.15, 0.2) is 0 Å². The molecule has 0 saturated carbocycles. The van der Waals surface area contributed by atoms with Crippen LogP contribution in [0.1, 0.15) is 34.6 Å². The third kappa shape index (κ3) is 2.08. The maximum Gasteiger partial charge on any atom is 0.254 e. The summed E-state index contributed by atoms with van der Waals surface area (Å²) in [5.74, 6) is 0.784. The molecule has 0 saturated heterocycles. The lowest BCUT2D eigenvalue weighted by atomic mass is 10.1. The highest BCUT2D eigenvalue weighted by atomic mass is 16.1. The van der Waals surface area contributed by atoms with Crippen LogP contribution in [0.3, 0.4) is 0 Å². The van der Waals surface area contributed by atoms with Crippen molar-refractivity contribution >= 4 is 0 Å². The first-order chi connectivity index (χ1) is 8.72. The Balaban J connectivity index is 1.94. The summed E-state index contributed by atoms with van der Waals surface area (Å²) in [6.07, 6.45) is 3.58. The summed E-state index contributed by atoms with van der Waals surface area (Å²) in [6.45, 7) is 2.07. The molecule has 92 valence electrons. The summed E-state index contributed by atoms with van der Waals surface area (Å²) in [4.78, 5) is 19.4. The Kier molecular flexibility index (Phi) is 2.74. The van der Waals surface area contributed by atoms with Crippen molar-refractivity contribution in [2.75, 3.05) is 0 Å². The van der Waals surface area contributed by atoms with Crippen molar-refractivity contribution in [1.29, 1.82) is 0 Å². The molecule has 1 heterocycles. The van der Waals surface area contributed by atoms with E-state index in [1.807, 2.05) is 6.07 Å². The van der Waals surface area contributed by atoms with Gasteiger partial charge in [0.05, 0.1) is 5.69 Å². The number of nitrogens with one attached hydrogen (secondary N) is 1. The Hall–Kier alpha value is -1.90. The fourth-order valence-electron chi connectivity index (χ4n) is 2.59. The van der Waals surface area contributed by atoms with Gasteiger partial charge < -0.3 is 4.98 Å². The number of nitrogens with zero attached hydrogens (tertiary/aromatic N) is 1. The van der Waals surface area contributed by atoms with E-state index in [-0.39, 0.29) is 5.56 Å². The first-order valence-corrected chi connectivity index (χ1v) is 6.39. The Morgan fingerprint density at radius 3 is 3.06 bits per heavy atom. The molecule has 0 fully saturated rings. The molecular weight excluding hydrogens is 224 g/mol. The van der Waals surface area contributed by atoms with Crippen molar-refractivity contribution in [3.8, 4) is 0 Å². The largest absolute Gasteiger partial charge is 0.310 e. The zero-order chi connectivity index (χ0) is 12.5. The molecule has 0 atom stereocenters. The monoisotopic (exact) mass is 240 g/mol. The van der Waals surface area contributed by atoms with Crippen LogP contribution >= 0.6 is 0 Å². The maximum absolute atomic E-state index is 11.9. The third-order valence-corrected chi connectivity index (χ3v) is 3.44. The second-order valence-electron chi connectivity index (χ2n) is 4.96. The number of benzene rings is 1. The fraction of sp³-hybridized carbons (Fsp3) is 0.333. The predicted octanol–water partition coefficient (Wildman–Crippen LogP) is 2.16. The minimum absolute atomic E-state index is 0.0557. The molecule has 3 nitrogen and oxygen atoms in total. The second kappa shape index (κ2) is 4.41. The first kappa shape index (κ1) is 11.2. The summed E-state index contributed by atoms with van der Waals surface area (Å²) in [5.41, 5.74) is 4.37. The maximum atomic E-state index is 11.9. The predicted molar refractivity (Wildman–Crippen MR) is 70.9 cm³/mol. The number of aryl methyl sites for hydroxylation is 2. The van der Waals surface area contributed by atoms with Crippen LogP contribution in [0.4, 0.5) is 0 Å². The lowest BCUT2D eigenvalue weighted by molar-refractivity contribution is 0.883. The van der Waals surface area contributed by atoms with Gasteiger partial charge in [0.25, 0.3) is 5.56 Å². The van der Waals surface area contributed by atoms with E-state index in [4.69, 9.17) is 0 Å². The van der Waals surface area contributed by atoms with E-state index in [0.29, 0.717) is 6.42 Å². The third-order valence-electron chi connectivity index (χ3n) is 3.44. The summed E-state index contributed by atoms with van der Waals surface area (Å²) in [5, 5.41) is 0. The molecule has 0 spiro atoms. The first-order valence-electron chi connectivity index (χ1n) is 6.39. The molecule has 1 aromatic heterocycles. The molecule has 0 amide bonds. The van der Waals surface area contributed by atoms with Crippen LogP contribution in [-0.2, 0) is 19.3 Å². The molecule has 1 N–H and O–H groups in total. The quantitative estimate of drug-likeness (QED) is 0.874. The molecule has 1 aromatic carbocycles. The molecule has 0 radical (unpaired) electrons. The van der Waals surface area contributed by atoms with Gasteiger partial charge in [-0.15, -0.1) is 0 Å². The second-order valence-corrected chi connectivity index (χ2v) is 4.96. The number of hydrogen-bond donors (Lipinski definition) is 1. The van der Waals surface area contributed by atoms with Gasteiger partial charge in [-0.25, -0.2) is 4.98 Å². The SMILES string of the molecule is Cc1cccc(Cc2nc3c(c(=O)[nH]2)CCC3)c1. The number of aromatic amines is 1. The molecular formula is C15H16N2O. The van der Waals surface area contributed by atoms with Gasteiger partial charge >= 0.3 is 0 Å². The van der Waals surface area contributed by atoms with Gasteiger partial charge in [-0.3, -0.25) is 4.79 Å². The zero-order valence-corrected chi connectivity index (χ0v) is 10.5. The zero-order valence-electron chi connectivity index (χ0n) is 10.5. The normalized spacial score (nSPS) is 13.6. The van der Waals surface area contributed by atoms with Crippen molar-refractivity contribution in [3.63, 3.8) is 0 Å². The van der Waals surface area contributed by atoms with Crippen molar-refractivity contribution in [1.82, 2.24) is 9.97 Å². The van der Waals surface area contributed by atoms with Crippen molar-refractivity contribution in [2.45, 2.75) is 32.6 Å². The highest BCUT2D eigenvalue weighted by Crippen LogP contribution is 2.16. The summed E-state index contributed by atoms with van der Waals surface area (Å²) >= 11 is 0. The minimum Gasteiger partial charge on any atom is -0.310 e. The van der Waals surface area contributed by atoms with E-state index in [9.17, 15) is 4.79 Å². The Labute approximate surface area is 106 Å². The summed E-state index contributed by atoms with van der Waals surface area (Å²) in [6, 6.07) is 8.31. The number of hydrogen-bond acceptors (Lipinski definition) is 2. The Morgan fingerprint density at radius 1 is 1.33 bits per heavy atom. The molecule has 3 heteroatoms. The smallest absolute Gasteiger partial charge is 0.254 e. The van der Waals surface area contributed by atoms with Gasteiger partial charge in [0, 0.05) is 12.0 Å². The molecule has 2 aromatic rings. The lowest BCUT2D eigenvalue weighted by Gasteiger charge is -2.05. The van der Waals surface area contributed by atoms with Crippen molar-refractivity contribution in [3.05, 3.63) is 62.8 Å². The summed E-state index contributed by atoms with van der Waals surface area (Å²) in [7, 11) is 0. The molecule has 1 aliphatic rings. The van der Waals surface area contributed by atoms with Gasteiger partial charge in [-0.1, -0.05) is 29.8 Å². The van der Waals surface area contributed by atoms with E-state index < -0.39 is 0 Å². The number of H-pyrrole nitrogens is 1. The molecule has 0 aliphatic heterocycles. The van der Waals surface area contributed by atoms with Gasteiger partial charge in [-0.05, 0) is 31.7 Å². The van der Waals surface area contributed by atoms with Crippen LogP contribution in [0.15, 0.2) is 29.1 Å². The van der Waals surface area contributed by atoms with Crippen LogP contribution in [0, 0.1) is 6.92 Å². The van der Waals surface area contributed by atoms with Crippen LogP contribution in [0.2, 0.25) is 0 Å². The number of aromatic nitrogens is 2. The lowest BCUT2D eigenvalue weighted by Crippen LogP contribution is -2.17. The van der Waals surface area contributed by atoms with E-state index >= 15 is 0 Å². The highest BCUT2D eigenvalue weighted by molar-refractivity contribution is 5.27. The van der Waals surface area contributed by atoms with Gasteiger partial charge in [-0.2, -0.15) is 0 Å². The van der Waals surface area contributed by atoms with E-state index in [2.05, 4.69) is 35.1 Å². The average molecular weight is 240 g/mol. The molecule has 1 aliphatic carbocycles. The molecule has 18 heavy (non-hydrogen) atoms. The molecule has 3 rings (SSSR count). The van der Waals surface area contributed by atoms with Crippen LogP contribution in [0.25, 0.3) is 0 Å². The number of rotatable bonds is 2. The Morgan fingerprint density at radius 2 is 2.22 bits per heavy atom. The van der Waals surface area contributed by atoms with Gasteiger partial charge in [0.1, 0.15) is 5.82 Å². The van der Waals surface area contributed by atoms with E-state index in [1.165, 1.54) is 11.1 Å². The topological polar surface area (TPSA) is 45.8 Å². The van der Waals surface area contributed by atoms with E-state index in [1.54, 1.807) is 0 Å². The van der Waals surface area contributed by atoms with Crippen molar-refractivity contribution < 1.29 is 0 Å². The van der Waals surface area contributed by atoms with Crippen molar-refractivity contribution in [2.24, 2.45) is 0 Å². The van der Waals surface area contributed by atoms with Crippen LogP contribution in [0.5, 0.6) is 0 Å². The highest BCUT2D eigenvalue weighted by Gasteiger charge is 2.16. The average Bonchev–Trinajstić information content (AvgIpc) is 2.77. The van der Waals surface area contributed by atoms with Gasteiger partial charge in [0.2, 0.25) is 0 Å².